The highest BCUT2D eigenvalue weighted by molar-refractivity contribution is 5.79. The number of halogens is 3. The predicted octanol–water partition coefficient (Wildman–Crippen LogP) is 3.73. The number of benzene rings is 1. The van der Waals surface area contributed by atoms with E-state index in [0.717, 1.165) is 17.9 Å². The minimum Gasteiger partial charge on any atom is -0.492 e. The van der Waals surface area contributed by atoms with Crippen molar-refractivity contribution < 1.29 is 22.3 Å². The molecule has 0 saturated heterocycles. The van der Waals surface area contributed by atoms with Crippen molar-refractivity contribution in [3.8, 4) is 5.75 Å². The number of nitrogens with one attached hydrogen (secondary N) is 2. The Morgan fingerprint density at radius 3 is 2.57 bits per heavy atom. The lowest BCUT2D eigenvalue weighted by Crippen LogP contribution is -2.38. The van der Waals surface area contributed by atoms with Crippen LogP contribution in [0.25, 0.3) is 0 Å². The number of guanidine groups is 1. The standard InChI is InChI=1S/C19H25F3N4O2/c1-18(2,3)15-11-25-16(28-15)12-26-17(23-4)24-8-9-27-14-7-5-6-13(10-14)19(20,21)22/h5-7,10-11H,8-9,12H2,1-4H3,(H2,23,24,26). The van der Waals surface area contributed by atoms with Crippen molar-refractivity contribution in [2.75, 3.05) is 20.2 Å². The molecule has 0 unspecified atom stereocenters. The summed E-state index contributed by atoms with van der Waals surface area (Å²) in [6.45, 7) is 7.00. The van der Waals surface area contributed by atoms with Crippen LogP contribution in [0, 0.1) is 0 Å². The Kier molecular flexibility index (Phi) is 6.93. The number of hydrogen-bond donors (Lipinski definition) is 2. The first-order chi connectivity index (χ1) is 13.1. The third-order valence-corrected chi connectivity index (χ3v) is 3.75. The zero-order chi connectivity index (χ0) is 20.8. The molecule has 1 aromatic heterocycles. The van der Waals surface area contributed by atoms with E-state index in [2.05, 4.69) is 20.6 Å². The lowest BCUT2D eigenvalue weighted by Gasteiger charge is -2.14. The molecule has 0 spiro atoms. The third kappa shape index (κ3) is 6.47. The van der Waals surface area contributed by atoms with E-state index in [-0.39, 0.29) is 17.8 Å². The van der Waals surface area contributed by atoms with E-state index in [1.807, 2.05) is 20.8 Å². The average molecular weight is 398 g/mol. The minimum atomic E-state index is -4.39. The van der Waals surface area contributed by atoms with Crippen molar-refractivity contribution in [2.45, 2.75) is 38.9 Å². The number of nitrogens with zero attached hydrogens (tertiary/aromatic N) is 2. The zero-order valence-corrected chi connectivity index (χ0v) is 16.4. The number of hydrogen-bond acceptors (Lipinski definition) is 4. The van der Waals surface area contributed by atoms with Crippen LogP contribution in [0.15, 0.2) is 39.9 Å². The van der Waals surface area contributed by atoms with Gasteiger partial charge >= 0.3 is 6.18 Å². The molecule has 1 heterocycles. The van der Waals surface area contributed by atoms with E-state index in [9.17, 15) is 13.2 Å². The van der Waals surface area contributed by atoms with Gasteiger partial charge in [0.25, 0.3) is 0 Å². The fourth-order valence-electron chi connectivity index (χ4n) is 2.22. The summed E-state index contributed by atoms with van der Waals surface area (Å²) in [5.74, 6) is 1.99. The molecule has 2 rings (SSSR count). The van der Waals surface area contributed by atoms with Crippen LogP contribution in [0.1, 0.15) is 38.0 Å². The van der Waals surface area contributed by atoms with Crippen molar-refractivity contribution in [1.29, 1.82) is 0 Å². The number of aliphatic imine (C=N–C) groups is 1. The van der Waals surface area contributed by atoms with Crippen LogP contribution in [0.3, 0.4) is 0 Å². The molecule has 0 bridgehead atoms. The third-order valence-electron chi connectivity index (χ3n) is 3.75. The first-order valence-electron chi connectivity index (χ1n) is 8.79. The number of alkyl halides is 3. The Hall–Kier alpha value is -2.71. The highest BCUT2D eigenvalue weighted by Gasteiger charge is 2.30. The molecule has 0 aliphatic carbocycles. The van der Waals surface area contributed by atoms with Gasteiger partial charge in [0.05, 0.1) is 24.8 Å². The van der Waals surface area contributed by atoms with Gasteiger partial charge in [0.15, 0.2) is 5.96 Å². The molecule has 0 amide bonds. The maximum Gasteiger partial charge on any atom is 0.416 e. The van der Waals surface area contributed by atoms with Crippen molar-refractivity contribution in [1.82, 2.24) is 15.6 Å². The summed E-state index contributed by atoms with van der Waals surface area (Å²) >= 11 is 0. The van der Waals surface area contributed by atoms with Crippen LogP contribution in [-0.2, 0) is 18.1 Å². The number of ether oxygens (including phenoxy) is 1. The second kappa shape index (κ2) is 8.99. The summed E-state index contributed by atoms with van der Waals surface area (Å²) in [5, 5.41) is 6.07. The molecular weight excluding hydrogens is 373 g/mol. The molecule has 0 fully saturated rings. The summed E-state index contributed by atoms with van der Waals surface area (Å²) in [6, 6.07) is 4.78. The fourth-order valence-corrected chi connectivity index (χ4v) is 2.22. The van der Waals surface area contributed by atoms with Crippen molar-refractivity contribution in [3.05, 3.63) is 47.7 Å². The molecule has 0 saturated carbocycles. The molecule has 0 aliphatic rings. The predicted molar refractivity (Wildman–Crippen MR) is 100 cm³/mol. The maximum atomic E-state index is 12.7. The van der Waals surface area contributed by atoms with E-state index in [1.165, 1.54) is 12.1 Å². The smallest absolute Gasteiger partial charge is 0.416 e. The highest BCUT2D eigenvalue weighted by atomic mass is 19.4. The van der Waals surface area contributed by atoms with Gasteiger partial charge in [-0.3, -0.25) is 4.99 Å². The molecule has 1 aromatic carbocycles. The Labute approximate surface area is 162 Å². The topological polar surface area (TPSA) is 71.7 Å². The van der Waals surface area contributed by atoms with Crippen molar-refractivity contribution >= 4 is 5.96 Å². The van der Waals surface area contributed by atoms with Gasteiger partial charge in [-0.2, -0.15) is 13.2 Å². The van der Waals surface area contributed by atoms with Gasteiger partial charge in [-0.25, -0.2) is 4.98 Å². The normalized spacial score (nSPS) is 12.8. The second-order valence-electron chi connectivity index (χ2n) is 7.09. The summed E-state index contributed by atoms with van der Waals surface area (Å²) in [6.07, 6.45) is -2.69. The Balaban J connectivity index is 1.76. The number of rotatable bonds is 6. The van der Waals surface area contributed by atoms with Crippen LogP contribution >= 0.6 is 0 Å². The first kappa shape index (κ1) is 21.6. The summed E-state index contributed by atoms with van der Waals surface area (Å²) in [5.41, 5.74) is -0.859. The lowest BCUT2D eigenvalue weighted by atomic mass is 9.94. The van der Waals surface area contributed by atoms with Gasteiger partial charge in [0.2, 0.25) is 5.89 Å². The fraction of sp³-hybridized carbons (Fsp3) is 0.474. The van der Waals surface area contributed by atoms with Gasteiger partial charge in [-0.1, -0.05) is 26.8 Å². The summed E-state index contributed by atoms with van der Waals surface area (Å²) in [4.78, 5) is 8.29. The van der Waals surface area contributed by atoms with E-state index >= 15 is 0 Å². The lowest BCUT2D eigenvalue weighted by molar-refractivity contribution is -0.137. The number of aromatic nitrogens is 1. The molecular formula is C19H25F3N4O2. The largest absolute Gasteiger partial charge is 0.492 e. The Bertz CT molecular complexity index is 795. The van der Waals surface area contributed by atoms with E-state index in [4.69, 9.17) is 9.15 Å². The highest BCUT2D eigenvalue weighted by Crippen LogP contribution is 2.31. The van der Waals surface area contributed by atoms with E-state index < -0.39 is 11.7 Å². The van der Waals surface area contributed by atoms with Gasteiger partial charge in [0, 0.05) is 12.5 Å². The van der Waals surface area contributed by atoms with Gasteiger partial charge < -0.3 is 19.8 Å². The molecule has 2 N–H and O–H groups in total. The SMILES string of the molecule is CN=C(NCCOc1cccc(C(F)(F)F)c1)NCc1ncc(C(C)(C)C)o1. The molecule has 154 valence electrons. The molecule has 2 aromatic rings. The van der Waals surface area contributed by atoms with Crippen LogP contribution < -0.4 is 15.4 Å². The Morgan fingerprint density at radius 2 is 1.96 bits per heavy atom. The van der Waals surface area contributed by atoms with Crippen LogP contribution in [-0.4, -0.2) is 31.1 Å². The average Bonchev–Trinajstić information content (AvgIpc) is 3.10. The molecule has 9 heteroatoms. The van der Waals surface area contributed by atoms with Crippen molar-refractivity contribution in [3.63, 3.8) is 0 Å². The van der Waals surface area contributed by atoms with Crippen LogP contribution in [0.2, 0.25) is 0 Å². The Morgan fingerprint density at radius 1 is 1.21 bits per heavy atom. The monoisotopic (exact) mass is 398 g/mol. The van der Waals surface area contributed by atoms with E-state index in [0.29, 0.717) is 24.9 Å². The van der Waals surface area contributed by atoms with Gasteiger partial charge in [-0.05, 0) is 18.2 Å². The second-order valence-corrected chi connectivity index (χ2v) is 7.09. The van der Waals surface area contributed by atoms with Crippen LogP contribution in [0.5, 0.6) is 5.75 Å². The van der Waals surface area contributed by atoms with Gasteiger partial charge in [-0.15, -0.1) is 0 Å². The molecule has 0 atom stereocenters. The molecule has 6 nitrogen and oxygen atoms in total. The van der Waals surface area contributed by atoms with Crippen LogP contribution in [0.4, 0.5) is 13.2 Å². The quantitative estimate of drug-likeness (QED) is 0.441. The molecule has 0 aliphatic heterocycles. The van der Waals surface area contributed by atoms with Gasteiger partial charge in [0.1, 0.15) is 18.1 Å². The molecule has 28 heavy (non-hydrogen) atoms. The maximum absolute atomic E-state index is 12.7. The molecule has 0 radical (unpaired) electrons. The summed E-state index contributed by atoms with van der Waals surface area (Å²) in [7, 11) is 1.61. The van der Waals surface area contributed by atoms with E-state index in [1.54, 1.807) is 13.2 Å². The zero-order valence-electron chi connectivity index (χ0n) is 16.4. The number of oxazole rings is 1. The minimum absolute atomic E-state index is 0.119. The van der Waals surface area contributed by atoms with Crippen molar-refractivity contribution in [2.24, 2.45) is 4.99 Å². The first-order valence-corrected chi connectivity index (χ1v) is 8.79. The summed E-state index contributed by atoms with van der Waals surface area (Å²) < 4.78 is 49.1.